The zero-order chi connectivity index (χ0) is 11.0. The standard InChI is InChI=1S/C12H14BrNO2/c13-9-6-12-11(15-7-16-12)5-8(9)10-3-1-2-4-14-10/h5-6,10,14H,1-4,7H2. The minimum Gasteiger partial charge on any atom is -0.454 e. The largest absolute Gasteiger partial charge is 0.454 e. The van der Waals surface area contributed by atoms with Crippen LogP contribution in [0.15, 0.2) is 16.6 Å². The van der Waals surface area contributed by atoms with E-state index in [0.717, 1.165) is 22.5 Å². The van der Waals surface area contributed by atoms with Gasteiger partial charge in [0.1, 0.15) is 0 Å². The lowest BCUT2D eigenvalue weighted by molar-refractivity contribution is 0.174. The van der Waals surface area contributed by atoms with Crippen molar-refractivity contribution in [3.8, 4) is 11.5 Å². The third-order valence-corrected chi connectivity index (χ3v) is 3.86. The maximum absolute atomic E-state index is 5.41. The van der Waals surface area contributed by atoms with Gasteiger partial charge in [-0.15, -0.1) is 0 Å². The molecule has 2 aliphatic heterocycles. The van der Waals surface area contributed by atoms with E-state index in [-0.39, 0.29) is 0 Å². The fourth-order valence-electron chi connectivity index (χ4n) is 2.32. The van der Waals surface area contributed by atoms with E-state index in [0.29, 0.717) is 12.8 Å². The SMILES string of the molecule is Brc1cc2c(cc1C1CCCCN1)OCO2. The van der Waals surface area contributed by atoms with Gasteiger partial charge in [-0.25, -0.2) is 0 Å². The summed E-state index contributed by atoms with van der Waals surface area (Å²) in [4.78, 5) is 0. The molecule has 1 unspecified atom stereocenters. The number of fused-ring (bicyclic) bond motifs is 1. The molecular weight excluding hydrogens is 270 g/mol. The van der Waals surface area contributed by atoms with Crippen molar-refractivity contribution in [3.63, 3.8) is 0 Å². The van der Waals surface area contributed by atoms with Gasteiger partial charge in [0.25, 0.3) is 0 Å². The summed E-state index contributed by atoms with van der Waals surface area (Å²) in [6.45, 7) is 1.44. The van der Waals surface area contributed by atoms with E-state index in [2.05, 4.69) is 27.3 Å². The second-order valence-corrected chi connectivity index (χ2v) is 5.08. The van der Waals surface area contributed by atoms with E-state index in [9.17, 15) is 0 Å². The molecule has 0 radical (unpaired) electrons. The molecular formula is C12H14BrNO2. The van der Waals surface area contributed by atoms with Gasteiger partial charge in [-0.1, -0.05) is 22.4 Å². The average Bonchev–Trinajstić information content (AvgIpc) is 2.76. The highest BCUT2D eigenvalue weighted by Gasteiger charge is 2.22. The summed E-state index contributed by atoms with van der Waals surface area (Å²) in [6, 6.07) is 4.54. The van der Waals surface area contributed by atoms with Crippen LogP contribution in [0.2, 0.25) is 0 Å². The molecule has 16 heavy (non-hydrogen) atoms. The quantitative estimate of drug-likeness (QED) is 0.860. The molecule has 1 fully saturated rings. The second-order valence-electron chi connectivity index (χ2n) is 4.23. The van der Waals surface area contributed by atoms with Crippen LogP contribution in [0.3, 0.4) is 0 Å². The van der Waals surface area contributed by atoms with Gasteiger partial charge in [0.15, 0.2) is 11.5 Å². The van der Waals surface area contributed by atoms with Crippen LogP contribution in [-0.4, -0.2) is 13.3 Å². The lowest BCUT2D eigenvalue weighted by Gasteiger charge is -2.24. The highest BCUT2D eigenvalue weighted by molar-refractivity contribution is 9.10. The molecule has 86 valence electrons. The number of rotatable bonds is 1. The van der Waals surface area contributed by atoms with Gasteiger partial charge < -0.3 is 14.8 Å². The van der Waals surface area contributed by atoms with E-state index in [1.807, 2.05) is 6.07 Å². The second kappa shape index (κ2) is 4.26. The molecule has 0 bridgehead atoms. The summed E-state index contributed by atoms with van der Waals surface area (Å²) >= 11 is 3.61. The van der Waals surface area contributed by atoms with E-state index >= 15 is 0 Å². The van der Waals surface area contributed by atoms with Crippen LogP contribution in [0.1, 0.15) is 30.9 Å². The summed E-state index contributed by atoms with van der Waals surface area (Å²) in [7, 11) is 0. The Morgan fingerprint density at radius 1 is 1.19 bits per heavy atom. The first-order valence-corrected chi connectivity index (χ1v) is 6.46. The van der Waals surface area contributed by atoms with E-state index in [4.69, 9.17) is 9.47 Å². The van der Waals surface area contributed by atoms with Gasteiger partial charge in [0.05, 0.1) is 0 Å². The van der Waals surface area contributed by atoms with Crippen molar-refractivity contribution in [2.24, 2.45) is 0 Å². The number of halogens is 1. The van der Waals surface area contributed by atoms with Gasteiger partial charge in [-0.3, -0.25) is 0 Å². The van der Waals surface area contributed by atoms with E-state index < -0.39 is 0 Å². The number of nitrogens with one attached hydrogen (secondary N) is 1. The van der Waals surface area contributed by atoms with Crippen molar-refractivity contribution in [2.75, 3.05) is 13.3 Å². The van der Waals surface area contributed by atoms with Crippen molar-refractivity contribution < 1.29 is 9.47 Å². The lowest BCUT2D eigenvalue weighted by atomic mass is 9.97. The third kappa shape index (κ3) is 1.80. The summed E-state index contributed by atoms with van der Waals surface area (Å²) in [5.41, 5.74) is 1.28. The molecule has 3 nitrogen and oxygen atoms in total. The van der Waals surface area contributed by atoms with Gasteiger partial charge >= 0.3 is 0 Å². The summed E-state index contributed by atoms with van der Waals surface area (Å²) in [6.07, 6.45) is 3.76. The Kier molecular flexibility index (Phi) is 2.77. The molecule has 0 amide bonds. The predicted octanol–water partition coefficient (Wildman–Crippen LogP) is 2.99. The molecule has 2 aliphatic rings. The molecule has 4 heteroatoms. The van der Waals surface area contributed by atoms with Gasteiger partial charge in [-0.2, -0.15) is 0 Å². The molecule has 1 saturated heterocycles. The molecule has 1 aromatic carbocycles. The van der Waals surface area contributed by atoms with Crippen LogP contribution in [0.5, 0.6) is 11.5 Å². The first-order chi connectivity index (χ1) is 7.84. The van der Waals surface area contributed by atoms with Gasteiger partial charge in [0.2, 0.25) is 6.79 Å². The first-order valence-electron chi connectivity index (χ1n) is 5.67. The Balaban J connectivity index is 1.94. The fraction of sp³-hybridized carbons (Fsp3) is 0.500. The van der Waals surface area contributed by atoms with E-state index in [1.54, 1.807) is 0 Å². The van der Waals surface area contributed by atoms with Crippen molar-refractivity contribution >= 4 is 15.9 Å². The summed E-state index contributed by atoms with van der Waals surface area (Å²) in [5, 5.41) is 3.54. The minimum absolute atomic E-state index is 0.337. The fourth-order valence-corrected chi connectivity index (χ4v) is 2.92. The number of ether oxygens (including phenoxy) is 2. The molecule has 3 rings (SSSR count). The van der Waals surface area contributed by atoms with Gasteiger partial charge in [-0.05, 0) is 37.1 Å². The molecule has 1 atom stereocenters. The Bertz CT molecular complexity index is 402. The normalized spacial score (nSPS) is 23.4. The molecule has 1 N–H and O–H groups in total. The summed E-state index contributed by atoms with van der Waals surface area (Å²) < 4.78 is 11.9. The maximum Gasteiger partial charge on any atom is 0.231 e. The van der Waals surface area contributed by atoms with Crippen molar-refractivity contribution in [1.82, 2.24) is 5.32 Å². The number of hydrogen-bond donors (Lipinski definition) is 1. The molecule has 0 saturated carbocycles. The van der Waals surface area contributed by atoms with Crippen LogP contribution >= 0.6 is 15.9 Å². The highest BCUT2D eigenvalue weighted by atomic mass is 79.9. The Morgan fingerprint density at radius 2 is 2.00 bits per heavy atom. The summed E-state index contributed by atoms with van der Waals surface area (Å²) in [5.74, 6) is 1.71. The Hall–Kier alpha value is -0.740. The van der Waals surface area contributed by atoms with Crippen molar-refractivity contribution in [1.29, 1.82) is 0 Å². The number of hydrogen-bond acceptors (Lipinski definition) is 3. The molecule has 0 spiro atoms. The average molecular weight is 284 g/mol. The minimum atomic E-state index is 0.337. The van der Waals surface area contributed by atoms with Crippen LogP contribution in [0, 0.1) is 0 Å². The van der Waals surface area contributed by atoms with E-state index in [1.165, 1.54) is 24.8 Å². The zero-order valence-electron chi connectivity index (χ0n) is 8.96. The molecule has 0 aromatic heterocycles. The lowest BCUT2D eigenvalue weighted by Crippen LogP contribution is -2.26. The molecule has 0 aliphatic carbocycles. The van der Waals surface area contributed by atoms with Crippen molar-refractivity contribution in [2.45, 2.75) is 25.3 Å². The number of benzene rings is 1. The van der Waals surface area contributed by atoms with Gasteiger partial charge in [0, 0.05) is 10.5 Å². The third-order valence-electron chi connectivity index (χ3n) is 3.18. The van der Waals surface area contributed by atoms with Crippen LogP contribution in [-0.2, 0) is 0 Å². The molecule has 1 aromatic rings. The van der Waals surface area contributed by atoms with Crippen LogP contribution in [0.4, 0.5) is 0 Å². The predicted molar refractivity (Wildman–Crippen MR) is 64.9 cm³/mol. The van der Waals surface area contributed by atoms with Crippen molar-refractivity contribution in [3.05, 3.63) is 22.2 Å². The van der Waals surface area contributed by atoms with Crippen LogP contribution < -0.4 is 14.8 Å². The topological polar surface area (TPSA) is 30.5 Å². The zero-order valence-corrected chi connectivity index (χ0v) is 10.5. The maximum atomic E-state index is 5.41. The first kappa shape index (κ1) is 10.4. The molecule has 2 heterocycles. The van der Waals surface area contributed by atoms with Crippen LogP contribution in [0.25, 0.3) is 0 Å². The highest BCUT2D eigenvalue weighted by Crippen LogP contribution is 2.40. The Morgan fingerprint density at radius 3 is 2.75 bits per heavy atom. The Labute approximate surface area is 103 Å². The number of piperidine rings is 1. The monoisotopic (exact) mass is 283 g/mol. The smallest absolute Gasteiger partial charge is 0.231 e.